The van der Waals surface area contributed by atoms with Crippen molar-refractivity contribution in [2.24, 2.45) is 22.7 Å². The Morgan fingerprint density at radius 1 is 0.887 bits per heavy atom. The van der Waals surface area contributed by atoms with Gasteiger partial charge in [0.25, 0.3) is 5.91 Å². The highest BCUT2D eigenvalue weighted by atomic mass is 16.2. The van der Waals surface area contributed by atoms with Crippen LogP contribution in [0.1, 0.15) is 66.0 Å². The summed E-state index contributed by atoms with van der Waals surface area (Å²) < 4.78 is 0. The van der Waals surface area contributed by atoms with E-state index in [4.69, 9.17) is 0 Å². The number of amides is 7. The molecule has 53 heavy (non-hydrogen) atoms. The molecule has 0 bridgehead atoms. The lowest BCUT2D eigenvalue weighted by atomic mass is 9.85. The van der Waals surface area contributed by atoms with E-state index in [9.17, 15) is 33.6 Å². The molecule has 0 aromatic heterocycles. The van der Waals surface area contributed by atoms with Crippen LogP contribution in [-0.4, -0.2) is 96.5 Å². The molecule has 1 heterocycles. The minimum absolute atomic E-state index is 0.0298. The molecular formula is C39H53N7O7. The fraction of sp³-hybridized carbons (Fsp3) is 0.513. The number of ketones is 1. The number of anilines is 1. The van der Waals surface area contributed by atoms with Crippen LogP contribution in [0.2, 0.25) is 0 Å². The number of benzene rings is 2. The maximum absolute atomic E-state index is 14.2. The lowest BCUT2D eigenvalue weighted by molar-refractivity contribution is -0.145. The summed E-state index contributed by atoms with van der Waals surface area (Å²) in [5.41, 5.74) is 0.140. The van der Waals surface area contributed by atoms with E-state index in [1.165, 1.54) is 9.80 Å². The first-order chi connectivity index (χ1) is 24.9. The van der Waals surface area contributed by atoms with Crippen molar-refractivity contribution in [3.05, 3.63) is 66.2 Å². The van der Waals surface area contributed by atoms with Crippen LogP contribution in [0.15, 0.2) is 60.7 Å². The quantitative estimate of drug-likeness (QED) is 0.185. The number of likely N-dealkylation sites (N-methyl/N-ethyl adjacent to an activating group) is 1. The van der Waals surface area contributed by atoms with Crippen molar-refractivity contribution >= 4 is 47.0 Å². The summed E-state index contributed by atoms with van der Waals surface area (Å²) in [7, 11) is 3.12. The smallest absolute Gasteiger partial charge is 0.319 e. The highest BCUT2D eigenvalue weighted by Crippen LogP contribution is 2.65. The molecule has 1 aliphatic carbocycles. The van der Waals surface area contributed by atoms with Crippen LogP contribution in [0.25, 0.3) is 0 Å². The van der Waals surface area contributed by atoms with E-state index in [2.05, 4.69) is 26.6 Å². The standard InChI is InChI=1S/C39H53N7O7/c1-9-16-26(31(48)34(50)40-21-27(47)43-29(35(51)45(7)8)23-17-12-10-13-18-23)42-33(49)30-28-25(39(28,5)6)22-46(30)36(52)32(38(2,3)4)44-37(53)41-24-19-14-11-15-20-24/h10-15,17-20,25-26,28-30,32H,9,16,21-22H2,1-8H3,(H,40,50)(H,42,49)(H,43,47)(H2,41,44,53). The Hall–Kier alpha value is -5.27. The van der Waals surface area contributed by atoms with E-state index in [-0.39, 0.29) is 29.6 Å². The zero-order valence-corrected chi connectivity index (χ0v) is 31.8. The van der Waals surface area contributed by atoms with Crippen molar-refractivity contribution in [2.75, 3.05) is 32.5 Å². The van der Waals surface area contributed by atoms with Crippen LogP contribution in [0.3, 0.4) is 0 Å². The second kappa shape index (κ2) is 16.6. The second-order valence-corrected chi connectivity index (χ2v) is 15.7. The zero-order valence-electron chi connectivity index (χ0n) is 31.8. The lowest BCUT2D eigenvalue weighted by Gasteiger charge is -2.37. The molecule has 0 spiro atoms. The molecule has 2 aliphatic rings. The van der Waals surface area contributed by atoms with Crippen molar-refractivity contribution in [1.82, 2.24) is 31.1 Å². The highest BCUT2D eigenvalue weighted by molar-refractivity contribution is 6.38. The number of carbonyl (C=O) groups excluding carboxylic acids is 7. The molecular weight excluding hydrogens is 678 g/mol. The first-order valence-electron chi connectivity index (χ1n) is 18.0. The average Bonchev–Trinajstić information content (AvgIpc) is 3.41. The fourth-order valence-electron chi connectivity index (χ4n) is 7.07. The summed E-state index contributed by atoms with van der Waals surface area (Å²) in [5, 5.41) is 13.2. The number of carbonyl (C=O) groups is 7. The Balaban J connectivity index is 1.44. The molecule has 6 unspecified atom stereocenters. The van der Waals surface area contributed by atoms with Crippen LogP contribution in [0.5, 0.6) is 0 Å². The lowest BCUT2D eigenvalue weighted by Crippen LogP contribution is -2.61. The molecule has 1 saturated carbocycles. The summed E-state index contributed by atoms with van der Waals surface area (Å²) >= 11 is 0. The van der Waals surface area contributed by atoms with Crippen molar-refractivity contribution in [2.45, 2.75) is 78.6 Å². The summed E-state index contributed by atoms with van der Waals surface area (Å²) in [5.74, 6) is -4.22. The number of hydrogen-bond donors (Lipinski definition) is 5. The van der Waals surface area contributed by atoms with E-state index >= 15 is 0 Å². The topological polar surface area (TPSA) is 186 Å². The van der Waals surface area contributed by atoms with Gasteiger partial charge in [0.2, 0.25) is 29.4 Å². The van der Waals surface area contributed by atoms with E-state index in [1.54, 1.807) is 75.6 Å². The molecule has 2 fully saturated rings. The molecule has 4 rings (SSSR count). The molecule has 6 atom stereocenters. The number of piperidine rings is 1. The second-order valence-electron chi connectivity index (χ2n) is 15.7. The first-order valence-corrected chi connectivity index (χ1v) is 18.0. The van der Waals surface area contributed by atoms with Gasteiger partial charge in [0.1, 0.15) is 18.1 Å². The van der Waals surface area contributed by atoms with Gasteiger partial charge in [-0.2, -0.15) is 0 Å². The molecule has 286 valence electrons. The molecule has 1 saturated heterocycles. The van der Waals surface area contributed by atoms with Gasteiger partial charge >= 0.3 is 6.03 Å². The average molecular weight is 732 g/mol. The number of rotatable bonds is 14. The maximum Gasteiger partial charge on any atom is 0.319 e. The third-order valence-electron chi connectivity index (χ3n) is 10.1. The maximum atomic E-state index is 14.2. The Labute approximate surface area is 311 Å². The molecule has 14 nitrogen and oxygen atoms in total. The van der Waals surface area contributed by atoms with Gasteiger partial charge in [-0.1, -0.05) is 96.5 Å². The molecule has 0 radical (unpaired) electrons. The van der Waals surface area contributed by atoms with Crippen molar-refractivity contribution in [3.8, 4) is 0 Å². The minimum atomic E-state index is -1.21. The van der Waals surface area contributed by atoms with Gasteiger partial charge in [0.15, 0.2) is 0 Å². The summed E-state index contributed by atoms with van der Waals surface area (Å²) in [6, 6.07) is 12.7. The number of para-hydroxylation sites is 1. The monoisotopic (exact) mass is 731 g/mol. The van der Waals surface area contributed by atoms with Crippen LogP contribution in [0.4, 0.5) is 10.5 Å². The summed E-state index contributed by atoms with van der Waals surface area (Å²) in [6.07, 6.45) is 0.592. The molecule has 2 aromatic rings. The van der Waals surface area contributed by atoms with Crippen LogP contribution >= 0.6 is 0 Å². The predicted octanol–water partition coefficient (Wildman–Crippen LogP) is 2.62. The third-order valence-corrected chi connectivity index (χ3v) is 10.1. The Morgan fingerprint density at radius 2 is 1.49 bits per heavy atom. The minimum Gasteiger partial charge on any atom is -0.347 e. The van der Waals surface area contributed by atoms with Crippen molar-refractivity contribution in [1.29, 1.82) is 0 Å². The number of Topliss-reactive ketones (excluding diaryl/α,β-unsaturated/α-hetero) is 1. The first kappa shape index (κ1) is 40.5. The number of hydrogen-bond acceptors (Lipinski definition) is 7. The van der Waals surface area contributed by atoms with Gasteiger partial charge in [-0.05, 0) is 46.8 Å². The molecule has 7 amide bonds. The summed E-state index contributed by atoms with van der Waals surface area (Å²) in [4.78, 5) is 96.3. The Morgan fingerprint density at radius 3 is 2.06 bits per heavy atom. The van der Waals surface area contributed by atoms with E-state index in [0.29, 0.717) is 24.2 Å². The molecule has 14 heteroatoms. The largest absolute Gasteiger partial charge is 0.347 e. The van der Waals surface area contributed by atoms with Gasteiger partial charge in [0.05, 0.1) is 12.6 Å². The number of likely N-dealkylation sites (tertiary alicyclic amines) is 1. The van der Waals surface area contributed by atoms with Gasteiger partial charge in [-0.3, -0.25) is 28.8 Å². The van der Waals surface area contributed by atoms with Gasteiger partial charge in [-0.15, -0.1) is 0 Å². The van der Waals surface area contributed by atoms with Gasteiger partial charge in [0, 0.05) is 26.3 Å². The normalized spacial score (nSPS) is 20.1. The number of nitrogens with one attached hydrogen (secondary N) is 5. The van der Waals surface area contributed by atoms with Crippen LogP contribution in [0, 0.1) is 22.7 Å². The van der Waals surface area contributed by atoms with Crippen LogP contribution < -0.4 is 26.6 Å². The number of urea groups is 1. The number of nitrogens with zero attached hydrogens (tertiary/aromatic N) is 2. The van der Waals surface area contributed by atoms with E-state index in [1.807, 2.05) is 40.7 Å². The Kier molecular flexibility index (Phi) is 12.7. The number of fused-ring (bicyclic) bond motifs is 1. The molecule has 1 aliphatic heterocycles. The third kappa shape index (κ3) is 9.59. The summed E-state index contributed by atoms with van der Waals surface area (Å²) in [6.45, 7) is 11.0. The highest BCUT2D eigenvalue weighted by Gasteiger charge is 2.70. The van der Waals surface area contributed by atoms with Gasteiger partial charge < -0.3 is 36.4 Å². The SMILES string of the molecule is CCCC(NC(=O)C1C2C(CN1C(=O)C(NC(=O)Nc1ccccc1)C(C)(C)C)C2(C)C)C(=O)C(=O)NCC(=O)NC(C(=O)N(C)C)c1ccccc1. The molecule has 5 N–H and O–H groups in total. The predicted molar refractivity (Wildman–Crippen MR) is 199 cm³/mol. The van der Waals surface area contributed by atoms with Crippen molar-refractivity contribution < 1.29 is 33.6 Å². The fourth-order valence-corrected chi connectivity index (χ4v) is 7.07. The van der Waals surface area contributed by atoms with E-state index in [0.717, 1.165) is 0 Å². The van der Waals surface area contributed by atoms with Gasteiger partial charge in [-0.25, -0.2) is 4.79 Å². The van der Waals surface area contributed by atoms with Crippen LogP contribution in [-0.2, 0) is 28.8 Å². The van der Waals surface area contributed by atoms with Crippen molar-refractivity contribution in [3.63, 3.8) is 0 Å². The zero-order chi connectivity index (χ0) is 39.2. The Bertz CT molecular complexity index is 1690. The van der Waals surface area contributed by atoms with E-state index < -0.39 is 71.6 Å². The molecule has 2 aromatic carbocycles.